The minimum absolute atomic E-state index is 0.254. The second-order valence-corrected chi connectivity index (χ2v) is 16.4. The summed E-state index contributed by atoms with van der Waals surface area (Å²) >= 11 is 0. The lowest BCUT2D eigenvalue weighted by atomic mass is 9.91. The molecular formula is C32H47NO5Si. The van der Waals surface area contributed by atoms with Crippen LogP contribution >= 0.6 is 0 Å². The zero-order chi connectivity index (χ0) is 28.6. The van der Waals surface area contributed by atoms with E-state index in [4.69, 9.17) is 13.9 Å². The van der Waals surface area contributed by atoms with E-state index < -0.39 is 38.3 Å². The van der Waals surface area contributed by atoms with Crippen molar-refractivity contribution in [2.75, 3.05) is 0 Å². The molecule has 2 aromatic carbocycles. The first-order valence-corrected chi connectivity index (χ1v) is 17.0. The van der Waals surface area contributed by atoms with Crippen LogP contribution in [0.1, 0.15) is 66.0 Å². The monoisotopic (exact) mass is 553 g/mol. The Morgan fingerprint density at radius 3 is 2.00 bits per heavy atom. The lowest BCUT2D eigenvalue weighted by Gasteiger charge is -2.38. The Kier molecular flexibility index (Phi) is 10.9. The number of benzene rings is 2. The summed E-state index contributed by atoms with van der Waals surface area (Å²) in [7, 11) is -2.09. The predicted molar refractivity (Wildman–Crippen MR) is 158 cm³/mol. The smallest absolute Gasteiger partial charge is 0.417 e. The van der Waals surface area contributed by atoms with Crippen molar-refractivity contribution in [3.8, 4) is 0 Å². The molecule has 0 radical (unpaired) electrons. The highest BCUT2D eigenvalue weighted by Crippen LogP contribution is 2.35. The molecule has 214 valence electrons. The van der Waals surface area contributed by atoms with Crippen LogP contribution in [-0.4, -0.2) is 49.1 Å². The second kappa shape index (κ2) is 13.7. The summed E-state index contributed by atoms with van der Waals surface area (Å²) in [5.74, 6) is -0.0933. The maximum absolute atomic E-state index is 14.5. The summed E-state index contributed by atoms with van der Waals surface area (Å²) in [6.45, 7) is 14.8. The quantitative estimate of drug-likeness (QED) is 0.228. The van der Waals surface area contributed by atoms with Gasteiger partial charge in [-0.1, -0.05) is 95.3 Å². The minimum atomic E-state index is -2.09. The molecule has 1 aliphatic heterocycles. The average Bonchev–Trinajstić information content (AvgIpc) is 3.14. The van der Waals surface area contributed by atoms with Crippen molar-refractivity contribution in [3.63, 3.8) is 0 Å². The maximum atomic E-state index is 14.5. The maximum Gasteiger partial charge on any atom is 0.417 e. The molecule has 2 aromatic rings. The summed E-state index contributed by atoms with van der Waals surface area (Å²) in [6, 6.07) is 22.2. The number of hydrogen-bond donors (Lipinski definition) is 0. The van der Waals surface area contributed by atoms with Gasteiger partial charge in [0.05, 0.1) is 18.8 Å². The number of ether oxygens (including phenoxy) is 2. The van der Waals surface area contributed by atoms with E-state index in [0.717, 1.165) is 29.3 Å². The van der Waals surface area contributed by atoms with Crippen LogP contribution < -0.4 is 0 Å². The van der Waals surface area contributed by atoms with Gasteiger partial charge in [-0.25, -0.2) is 9.69 Å². The van der Waals surface area contributed by atoms with Crippen LogP contribution in [0.15, 0.2) is 60.7 Å². The fourth-order valence-corrected chi connectivity index (χ4v) is 8.31. The topological polar surface area (TPSA) is 65.1 Å². The Morgan fingerprint density at radius 2 is 1.49 bits per heavy atom. The van der Waals surface area contributed by atoms with Crippen molar-refractivity contribution in [1.82, 2.24) is 4.90 Å². The molecule has 39 heavy (non-hydrogen) atoms. The third kappa shape index (κ3) is 7.80. The highest BCUT2D eigenvalue weighted by molar-refractivity contribution is 6.73. The summed E-state index contributed by atoms with van der Waals surface area (Å²) in [5.41, 5.74) is 1.17. The standard InChI is InChI=1S/C32H47NO5Si/c1-8-39(9-2,10-3)38-27(21-24(4)5)29(36-23-26-19-15-12-16-20-26)30(34)33-28(32(6,7)37-31(33)35)22-25-17-13-11-14-18-25/h11-20,24,27-29H,8-10,21-23H2,1-7H3/t27-,28+,29+/m1/s1. The number of imide groups is 1. The van der Waals surface area contributed by atoms with Gasteiger partial charge in [-0.05, 0) is 61.9 Å². The first-order chi connectivity index (χ1) is 18.6. The molecule has 0 aliphatic carbocycles. The number of cyclic esters (lactones) is 1. The lowest BCUT2D eigenvalue weighted by molar-refractivity contribution is -0.151. The van der Waals surface area contributed by atoms with Crippen molar-refractivity contribution in [3.05, 3.63) is 71.8 Å². The van der Waals surface area contributed by atoms with Gasteiger partial charge in [-0.2, -0.15) is 0 Å². The molecule has 1 heterocycles. The fourth-order valence-electron chi connectivity index (χ4n) is 5.45. The van der Waals surface area contributed by atoms with Gasteiger partial charge in [0.1, 0.15) is 5.60 Å². The van der Waals surface area contributed by atoms with Crippen molar-refractivity contribution in [2.24, 2.45) is 5.92 Å². The minimum Gasteiger partial charge on any atom is -0.441 e. The number of carbonyl (C=O) groups is 2. The van der Waals surface area contributed by atoms with E-state index in [1.807, 2.05) is 74.5 Å². The molecule has 6 nitrogen and oxygen atoms in total. The Bertz CT molecular complexity index is 1050. The van der Waals surface area contributed by atoms with E-state index in [2.05, 4.69) is 34.6 Å². The summed E-state index contributed by atoms with van der Waals surface area (Å²) < 4.78 is 19.2. The molecule has 2 amide bonds. The highest BCUT2D eigenvalue weighted by atomic mass is 28.4. The van der Waals surface area contributed by atoms with E-state index in [-0.39, 0.29) is 18.4 Å². The van der Waals surface area contributed by atoms with Crippen LogP contribution in [-0.2, 0) is 31.7 Å². The third-order valence-electron chi connectivity index (χ3n) is 8.06. The number of carbonyl (C=O) groups excluding carboxylic acids is 2. The summed E-state index contributed by atoms with van der Waals surface area (Å²) in [6.07, 6.45) is -0.836. The molecular weight excluding hydrogens is 506 g/mol. The largest absolute Gasteiger partial charge is 0.441 e. The number of nitrogens with zero attached hydrogens (tertiary/aromatic N) is 1. The average molecular weight is 554 g/mol. The van der Waals surface area contributed by atoms with E-state index in [1.165, 1.54) is 4.90 Å². The molecule has 0 saturated carbocycles. The Morgan fingerprint density at radius 1 is 0.949 bits per heavy atom. The summed E-state index contributed by atoms with van der Waals surface area (Å²) in [5, 5.41) is 0. The van der Waals surface area contributed by atoms with E-state index >= 15 is 0 Å². The Labute approximate surface area is 236 Å². The van der Waals surface area contributed by atoms with Crippen molar-refractivity contribution < 1.29 is 23.5 Å². The first kappa shape index (κ1) is 31.0. The van der Waals surface area contributed by atoms with Crippen molar-refractivity contribution in [2.45, 2.75) is 110 Å². The summed E-state index contributed by atoms with van der Waals surface area (Å²) in [4.78, 5) is 29.1. The van der Waals surface area contributed by atoms with Crippen LogP contribution in [0.5, 0.6) is 0 Å². The van der Waals surface area contributed by atoms with E-state index in [0.29, 0.717) is 12.8 Å². The molecule has 0 aromatic heterocycles. The number of rotatable bonds is 14. The van der Waals surface area contributed by atoms with Crippen LogP contribution in [0.3, 0.4) is 0 Å². The van der Waals surface area contributed by atoms with Gasteiger partial charge in [0.15, 0.2) is 14.4 Å². The third-order valence-corrected chi connectivity index (χ3v) is 12.7. The number of amides is 2. The van der Waals surface area contributed by atoms with Crippen molar-refractivity contribution >= 4 is 20.3 Å². The predicted octanol–water partition coefficient (Wildman–Crippen LogP) is 7.38. The second-order valence-electron chi connectivity index (χ2n) is 11.6. The van der Waals surface area contributed by atoms with Gasteiger partial charge in [0, 0.05) is 0 Å². The molecule has 0 spiro atoms. The van der Waals surface area contributed by atoms with Gasteiger partial charge >= 0.3 is 6.09 Å². The number of hydrogen-bond acceptors (Lipinski definition) is 5. The molecule has 3 atom stereocenters. The van der Waals surface area contributed by atoms with Crippen LogP contribution in [0, 0.1) is 5.92 Å². The van der Waals surface area contributed by atoms with E-state index in [9.17, 15) is 9.59 Å². The van der Waals surface area contributed by atoms with Gasteiger partial charge < -0.3 is 13.9 Å². The SMILES string of the molecule is CC[Si](CC)(CC)O[C@H](CC(C)C)[C@H](OCc1ccccc1)C(=O)N1C(=O)OC(C)(C)[C@@H]1Cc1ccccc1. The Balaban J connectivity index is 2.01. The van der Waals surface area contributed by atoms with Crippen molar-refractivity contribution in [1.29, 1.82) is 0 Å². The normalized spacial score (nSPS) is 18.7. The van der Waals surface area contributed by atoms with Gasteiger partial charge in [0.25, 0.3) is 5.91 Å². The highest BCUT2D eigenvalue weighted by Gasteiger charge is 2.53. The Hall–Kier alpha value is -2.48. The van der Waals surface area contributed by atoms with E-state index in [1.54, 1.807) is 0 Å². The lowest BCUT2D eigenvalue weighted by Crippen LogP contribution is -2.55. The zero-order valence-electron chi connectivity index (χ0n) is 24.8. The molecule has 0 N–H and O–H groups in total. The molecule has 1 saturated heterocycles. The zero-order valence-corrected chi connectivity index (χ0v) is 25.8. The fraction of sp³-hybridized carbons (Fsp3) is 0.562. The molecule has 0 bridgehead atoms. The van der Waals surface area contributed by atoms with Gasteiger partial charge in [-0.15, -0.1) is 0 Å². The van der Waals surface area contributed by atoms with Crippen LogP contribution in [0.2, 0.25) is 18.1 Å². The first-order valence-electron chi connectivity index (χ1n) is 14.5. The van der Waals surface area contributed by atoms with Gasteiger partial charge in [0.2, 0.25) is 0 Å². The molecule has 1 aliphatic rings. The van der Waals surface area contributed by atoms with Crippen LogP contribution in [0.4, 0.5) is 4.79 Å². The van der Waals surface area contributed by atoms with Gasteiger partial charge in [-0.3, -0.25) is 4.79 Å². The molecule has 7 heteroatoms. The molecule has 0 unspecified atom stereocenters. The van der Waals surface area contributed by atoms with Crippen LogP contribution in [0.25, 0.3) is 0 Å². The molecule has 3 rings (SSSR count). The molecule has 1 fully saturated rings.